The van der Waals surface area contributed by atoms with Gasteiger partial charge in [-0.2, -0.15) is 0 Å². The van der Waals surface area contributed by atoms with Crippen LogP contribution in [0.15, 0.2) is 28.4 Å². The molecule has 0 saturated carbocycles. The van der Waals surface area contributed by atoms with Gasteiger partial charge in [-0.05, 0) is 54.9 Å². The maximum absolute atomic E-state index is 14.0. The lowest BCUT2D eigenvalue weighted by atomic mass is 9.84. The summed E-state index contributed by atoms with van der Waals surface area (Å²) >= 11 is 0. The average molecular weight is 343 g/mol. The predicted molar refractivity (Wildman–Crippen MR) is 94.3 cm³/mol. The molecule has 5 nitrogen and oxygen atoms in total. The van der Waals surface area contributed by atoms with Crippen molar-refractivity contribution in [1.29, 1.82) is 0 Å². The molecule has 0 aromatic heterocycles. The lowest BCUT2D eigenvalue weighted by Crippen LogP contribution is -2.27. The third-order valence-electron chi connectivity index (χ3n) is 5.43. The van der Waals surface area contributed by atoms with Gasteiger partial charge in [0.05, 0.1) is 0 Å². The van der Waals surface area contributed by atoms with Gasteiger partial charge >= 0.3 is 0 Å². The van der Waals surface area contributed by atoms with Crippen molar-refractivity contribution in [2.45, 2.75) is 25.7 Å². The van der Waals surface area contributed by atoms with Crippen molar-refractivity contribution in [2.75, 3.05) is 25.1 Å². The molecule has 1 unspecified atom stereocenters. The number of dihydropyridines is 1. The summed E-state index contributed by atoms with van der Waals surface area (Å²) in [5.74, 6) is -0.360. The summed E-state index contributed by atoms with van der Waals surface area (Å²) in [4.78, 5) is 16.3. The van der Waals surface area contributed by atoms with Crippen molar-refractivity contribution in [1.82, 2.24) is 0 Å². The summed E-state index contributed by atoms with van der Waals surface area (Å²) in [6.07, 6.45) is 5.47. The van der Waals surface area contributed by atoms with E-state index in [1.807, 2.05) is 6.21 Å². The number of nitrogens with zero attached hydrogens (tertiary/aromatic N) is 1. The van der Waals surface area contributed by atoms with Gasteiger partial charge in [-0.3, -0.25) is 9.79 Å². The average Bonchev–Trinajstić information content (AvgIpc) is 2.80. The number of anilines is 1. The number of fused-ring (bicyclic) bond motifs is 2. The SMILES string of the molecule is NC(=O)c1cc(F)cc2c1CCC1CN=CC(C3CCOCC3)=C1N2. The van der Waals surface area contributed by atoms with Crippen LogP contribution in [0.5, 0.6) is 0 Å². The van der Waals surface area contributed by atoms with Crippen LogP contribution < -0.4 is 11.1 Å². The largest absolute Gasteiger partial charge is 0.381 e. The molecule has 4 rings (SSSR count). The second-order valence-corrected chi connectivity index (χ2v) is 6.95. The Balaban J connectivity index is 1.78. The van der Waals surface area contributed by atoms with Gasteiger partial charge in [-0.15, -0.1) is 0 Å². The highest BCUT2D eigenvalue weighted by atomic mass is 19.1. The minimum atomic E-state index is -0.586. The molecule has 3 aliphatic heterocycles. The number of aliphatic imine (C=N–C) groups is 1. The van der Waals surface area contributed by atoms with Crippen molar-refractivity contribution in [3.8, 4) is 0 Å². The number of amides is 1. The number of carbonyl (C=O) groups is 1. The molecule has 1 atom stereocenters. The lowest BCUT2D eigenvalue weighted by Gasteiger charge is -2.30. The summed E-state index contributed by atoms with van der Waals surface area (Å²) in [6, 6.07) is 2.70. The Morgan fingerprint density at radius 1 is 1.24 bits per heavy atom. The number of nitrogens with two attached hydrogens (primary N) is 1. The van der Waals surface area contributed by atoms with Crippen LogP contribution in [0, 0.1) is 17.7 Å². The molecule has 0 spiro atoms. The van der Waals surface area contributed by atoms with Crippen molar-refractivity contribution >= 4 is 17.8 Å². The van der Waals surface area contributed by atoms with Crippen LogP contribution in [-0.2, 0) is 11.2 Å². The Morgan fingerprint density at radius 2 is 2.04 bits per heavy atom. The minimum Gasteiger partial charge on any atom is -0.381 e. The number of benzene rings is 1. The van der Waals surface area contributed by atoms with E-state index >= 15 is 0 Å². The van der Waals surface area contributed by atoms with Crippen molar-refractivity contribution in [3.63, 3.8) is 0 Å². The summed E-state index contributed by atoms with van der Waals surface area (Å²) < 4.78 is 19.5. The first-order valence-corrected chi connectivity index (χ1v) is 8.84. The molecular formula is C19H22FN3O2. The highest BCUT2D eigenvalue weighted by Gasteiger charge is 2.30. The first-order chi connectivity index (χ1) is 12.1. The van der Waals surface area contributed by atoms with Gasteiger partial charge in [0, 0.05) is 48.8 Å². The van der Waals surface area contributed by atoms with Crippen LogP contribution in [0.2, 0.25) is 0 Å². The van der Waals surface area contributed by atoms with Crippen molar-refractivity contribution in [2.24, 2.45) is 22.6 Å². The smallest absolute Gasteiger partial charge is 0.249 e. The Morgan fingerprint density at radius 3 is 2.80 bits per heavy atom. The fourth-order valence-corrected chi connectivity index (χ4v) is 4.12. The molecule has 25 heavy (non-hydrogen) atoms. The van der Waals surface area contributed by atoms with E-state index in [9.17, 15) is 9.18 Å². The molecule has 3 aliphatic rings. The molecule has 3 N–H and O–H groups in total. The predicted octanol–water partition coefficient (Wildman–Crippen LogP) is 2.66. The van der Waals surface area contributed by atoms with E-state index in [2.05, 4.69) is 10.3 Å². The maximum Gasteiger partial charge on any atom is 0.249 e. The second-order valence-electron chi connectivity index (χ2n) is 6.95. The van der Waals surface area contributed by atoms with Gasteiger partial charge in [-0.1, -0.05) is 0 Å². The van der Waals surface area contributed by atoms with Crippen LogP contribution in [0.1, 0.15) is 35.2 Å². The summed E-state index contributed by atoms with van der Waals surface area (Å²) in [7, 11) is 0. The van der Waals surface area contributed by atoms with Crippen LogP contribution in [-0.4, -0.2) is 31.9 Å². The van der Waals surface area contributed by atoms with Crippen LogP contribution >= 0.6 is 0 Å². The van der Waals surface area contributed by atoms with Crippen LogP contribution in [0.25, 0.3) is 0 Å². The van der Waals surface area contributed by atoms with E-state index in [0.717, 1.165) is 50.3 Å². The zero-order chi connectivity index (χ0) is 17.4. The topological polar surface area (TPSA) is 76.7 Å². The van der Waals surface area contributed by atoms with E-state index in [1.165, 1.54) is 17.7 Å². The highest BCUT2D eigenvalue weighted by Crippen LogP contribution is 2.37. The van der Waals surface area contributed by atoms with Gasteiger partial charge in [0.25, 0.3) is 0 Å². The number of rotatable bonds is 2. The third-order valence-corrected chi connectivity index (χ3v) is 5.43. The van der Waals surface area contributed by atoms with Gasteiger partial charge in [0.2, 0.25) is 5.91 Å². The Hall–Kier alpha value is -2.21. The Kier molecular flexibility index (Phi) is 4.29. The molecule has 132 valence electrons. The summed E-state index contributed by atoms with van der Waals surface area (Å²) in [5, 5.41) is 3.44. The number of hydrogen-bond acceptors (Lipinski definition) is 4. The van der Waals surface area contributed by atoms with E-state index < -0.39 is 11.7 Å². The quantitative estimate of drug-likeness (QED) is 0.867. The number of ether oxygens (including phenoxy) is 1. The van der Waals surface area contributed by atoms with E-state index in [0.29, 0.717) is 18.0 Å². The molecule has 6 heteroatoms. The number of halogens is 1. The lowest BCUT2D eigenvalue weighted by molar-refractivity contribution is 0.0768. The molecule has 1 amide bonds. The Bertz CT molecular complexity index is 766. The monoisotopic (exact) mass is 343 g/mol. The molecule has 0 bridgehead atoms. The minimum absolute atomic E-state index is 0.263. The molecular weight excluding hydrogens is 321 g/mol. The van der Waals surface area contributed by atoms with Crippen LogP contribution in [0.3, 0.4) is 0 Å². The highest BCUT2D eigenvalue weighted by molar-refractivity contribution is 5.96. The summed E-state index contributed by atoms with van der Waals surface area (Å²) in [6.45, 7) is 2.24. The van der Waals surface area contributed by atoms with Crippen LogP contribution in [0.4, 0.5) is 10.1 Å². The number of allylic oxidation sites excluding steroid dienone is 1. The number of primary amides is 1. The van der Waals surface area contributed by atoms with E-state index in [4.69, 9.17) is 10.5 Å². The zero-order valence-corrected chi connectivity index (χ0v) is 14.1. The fourth-order valence-electron chi connectivity index (χ4n) is 4.12. The Labute approximate surface area is 146 Å². The molecule has 1 fully saturated rings. The molecule has 1 saturated heterocycles. The third kappa shape index (κ3) is 3.06. The first kappa shape index (κ1) is 16.3. The number of hydrogen-bond donors (Lipinski definition) is 2. The summed E-state index contributed by atoms with van der Waals surface area (Å²) in [5.41, 5.74) is 9.54. The van der Waals surface area contributed by atoms with Gasteiger partial charge in [0.15, 0.2) is 0 Å². The molecule has 1 aromatic carbocycles. The van der Waals surface area contributed by atoms with Gasteiger partial charge < -0.3 is 15.8 Å². The number of nitrogens with one attached hydrogen (secondary N) is 1. The van der Waals surface area contributed by atoms with Gasteiger partial charge in [0.1, 0.15) is 5.82 Å². The van der Waals surface area contributed by atoms with E-state index in [-0.39, 0.29) is 11.5 Å². The van der Waals surface area contributed by atoms with Crippen molar-refractivity contribution < 1.29 is 13.9 Å². The maximum atomic E-state index is 14.0. The molecule has 0 radical (unpaired) electrons. The molecule has 3 heterocycles. The van der Waals surface area contributed by atoms with E-state index in [1.54, 1.807) is 0 Å². The molecule has 0 aliphatic carbocycles. The first-order valence-electron chi connectivity index (χ1n) is 8.84. The van der Waals surface area contributed by atoms with Gasteiger partial charge in [-0.25, -0.2) is 4.39 Å². The second kappa shape index (κ2) is 6.59. The molecule has 1 aromatic rings. The zero-order valence-electron chi connectivity index (χ0n) is 14.1. The van der Waals surface area contributed by atoms with Crippen molar-refractivity contribution in [3.05, 3.63) is 40.3 Å². The normalized spacial score (nSPS) is 23.5. The fraction of sp³-hybridized carbons (Fsp3) is 0.474. The number of carbonyl (C=O) groups excluding carboxylic acids is 1. The standard InChI is InChI=1S/C19H22FN3O2/c20-13-7-15(19(21)24)14-2-1-12-9-22-10-16(11-3-5-25-6-4-11)18(12)23-17(14)8-13/h7-8,10-12,23H,1-6,9H2,(H2,21,24).